The number of hydrogen-bond acceptors (Lipinski definition) is 4. The average Bonchev–Trinajstić information content (AvgIpc) is 2.85. The predicted octanol–water partition coefficient (Wildman–Crippen LogP) is 2.15. The van der Waals surface area contributed by atoms with Crippen LogP contribution in [0.3, 0.4) is 0 Å². The Kier molecular flexibility index (Phi) is 5.44. The molecule has 0 aromatic heterocycles. The van der Waals surface area contributed by atoms with Crippen LogP contribution < -0.4 is 14.8 Å². The first kappa shape index (κ1) is 15.6. The van der Waals surface area contributed by atoms with Crippen LogP contribution in [0.5, 0.6) is 11.5 Å². The Hall–Kier alpha value is -1.75. The van der Waals surface area contributed by atoms with Gasteiger partial charge in [0, 0.05) is 12.6 Å². The van der Waals surface area contributed by atoms with Crippen LogP contribution in [0.15, 0.2) is 18.2 Å². The fourth-order valence-electron chi connectivity index (χ4n) is 2.48. The summed E-state index contributed by atoms with van der Waals surface area (Å²) in [6.07, 6.45) is 2.09. The Balaban J connectivity index is 1.81. The van der Waals surface area contributed by atoms with Crippen LogP contribution in [0.25, 0.3) is 0 Å². The Morgan fingerprint density at radius 3 is 2.90 bits per heavy atom. The third-order valence-corrected chi connectivity index (χ3v) is 3.43. The summed E-state index contributed by atoms with van der Waals surface area (Å²) in [6.45, 7) is 5.54. The van der Waals surface area contributed by atoms with Crippen molar-refractivity contribution < 1.29 is 14.3 Å². The summed E-state index contributed by atoms with van der Waals surface area (Å²) in [5.74, 6) is 1.63. The second-order valence-corrected chi connectivity index (χ2v) is 5.62. The molecule has 1 aliphatic rings. The summed E-state index contributed by atoms with van der Waals surface area (Å²) >= 11 is 0. The summed E-state index contributed by atoms with van der Waals surface area (Å²) in [7, 11) is 1.94. The van der Waals surface area contributed by atoms with Crippen LogP contribution in [-0.4, -0.2) is 37.2 Å². The lowest BCUT2D eigenvalue weighted by molar-refractivity contribution is -0.122. The molecular weight excluding hydrogens is 268 g/mol. The van der Waals surface area contributed by atoms with Gasteiger partial charge in [0.25, 0.3) is 0 Å². The SMILES string of the molecule is CCCC(C)NC(=O)CN(C)Cc1ccc2c(c1)OCO2. The minimum atomic E-state index is 0.0687. The highest BCUT2D eigenvalue weighted by Crippen LogP contribution is 2.32. The second-order valence-electron chi connectivity index (χ2n) is 5.62. The maximum absolute atomic E-state index is 11.9. The molecule has 5 nitrogen and oxygen atoms in total. The first-order valence-corrected chi connectivity index (χ1v) is 7.45. The molecule has 21 heavy (non-hydrogen) atoms. The molecule has 0 radical (unpaired) electrons. The highest BCUT2D eigenvalue weighted by molar-refractivity contribution is 5.78. The molecule has 1 heterocycles. The second kappa shape index (κ2) is 7.31. The average molecular weight is 292 g/mol. The zero-order valence-electron chi connectivity index (χ0n) is 13.0. The van der Waals surface area contributed by atoms with Crippen LogP contribution >= 0.6 is 0 Å². The van der Waals surface area contributed by atoms with Crippen LogP contribution in [0.1, 0.15) is 32.3 Å². The number of carbonyl (C=O) groups excluding carboxylic acids is 1. The molecule has 0 aliphatic carbocycles. The molecule has 1 unspecified atom stereocenters. The number of carbonyl (C=O) groups is 1. The van der Waals surface area contributed by atoms with E-state index in [2.05, 4.69) is 12.2 Å². The number of nitrogens with zero attached hydrogens (tertiary/aromatic N) is 1. The van der Waals surface area contributed by atoms with Crippen LogP contribution in [0.2, 0.25) is 0 Å². The molecule has 1 atom stereocenters. The van der Waals surface area contributed by atoms with Crippen molar-refractivity contribution in [3.05, 3.63) is 23.8 Å². The topological polar surface area (TPSA) is 50.8 Å². The normalized spacial score (nSPS) is 14.3. The fourth-order valence-corrected chi connectivity index (χ4v) is 2.48. The highest BCUT2D eigenvalue weighted by Gasteiger charge is 2.15. The molecule has 0 saturated carbocycles. The van der Waals surface area contributed by atoms with Crippen molar-refractivity contribution in [1.29, 1.82) is 0 Å². The number of rotatable bonds is 7. The summed E-state index contributed by atoms with van der Waals surface area (Å²) in [5, 5.41) is 3.01. The maximum atomic E-state index is 11.9. The van der Waals surface area contributed by atoms with Gasteiger partial charge in [0.2, 0.25) is 12.7 Å². The number of fused-ring (bicyclic) bond motifs is 1. The Morgan fingerprint density at radius 2 is 2.14 bits per heavy atom. The number of likely N-dealkylation sites (N-methyl/N-ethyl adjacent to an activating group) is 1. The lowest BCUT2D eigenvalue weighted by atomic mass is 10.2. The predicted molar refractivity (Wildman–Crippen MR) is 81.4 cm³/mol. The minimum absolute atomic E-state index is 0.0687. The minimum Gasteiger partial charge on any atom is -0.454 e. The Bertz CT molecular complexity index is 490. The molecular formula is C16H24N2O3. The third-order valence-electron chi connectivity index (χ3n) is 3.43. The first-order chi connectivity index (χ1) is 10.1. The lowest BCUT2D eigenvalue weighted by Gasteiger charge is -2.19. The number of hydrogen-bond donors (Lipinski definition) is 1. The van der Waals surface area contributed by atoms with E-state index in [9.17, 15) is 4.79 Å². The standard InChI is InChI=1S/C16H24N2O3/c1-4-5-12(2)17-16(19)10-18(3)9-13-6-7-14-15(8-13)21-11-20-14/h6-8,12H,4-5,9-11H2,1-3H3,(H,17,19). The zero-order valence-corrected chi connectivity index (χ0v) is 13.0. The Labute approximate surface area is 126 Å². The fraction of sp³-hybridized carbons (Fsp3) is 0.562. The summed E-state index contributed by atoms with van der Waals surface area (Å²) in [5.41, 5.74) is 1.11. The van der Waals surface area contributed by atoms with Gasteiger partial charge in [-0.3, -0.25) is 9.69 Å². The van der Waals surface area contributed by atoms with Gasteiger partial charge in [-0.15, -0.1) is 0 Å². The highest BCUT2D eigenvalue weighted by atomic mass is 16.7. The van der Waals surface area contributed by atoms with E-state index < -0.39 is 0 Å². The van der Waals surface area contributed by atoms with Gasteiger partial charge in [-0.25, -0.2) is 0 Å². The third kappa shape index (κ3) is 4.63. The van der Waals surface area contributed by atoms with Crippen molar-refractivity contribution in [1.82, 2.24) is 10.2 Å². The monoisotopic (exact) mass is 292 g/mol. The van der Waals surface area contributed by atoms with Gasteiger partial charge in [0.1, 0.15) is 0 Å². The maximum Gasteiger partial charge on any atom is 0.234 e. The number of benzene rings is 1. The quantitative estimate of drug-likeness (QED) is 0.836. The van der Waals surface area contributed by atoms with Crippen LogP contribution in [0.4, 0.5) is 0 Å². The molecule has 1 N–H and O–H groups in total. The Morgan fingerprint density at radius 1 is 1.38 bits per heavy atom. The summed E-state index contributed by atoms with van der Waals surface area (Å²) in [4.78, 5) is 13.9. The van der Waals surface area contributed by atoms with Crippen molar-refractivity contribution >= 4 is 5.91 Å². The van der Waals surface area contributed by atoms with E-state index in [0.717, 1.165) is 29.9 Å². The van der Waals surface area contributed by atoms with E-state index in [-0.39, 0.29) is 18.7 Å². The first-order valence-electron chi connectivity index (χ1n) is 7.45. The van der Waals surface area contributed by atoms with E-state index in [1.54, 1.807) is 0 Å². The lowest BCUT2D eigenvalue weighted by Crippen LogP contribution is -2.39. The van der Waals surface area contributed by atoms with Crippen molar-refractivity contribution in [2.24, 2.45) is 0 Å². The molecule has 116 valence electrons. The molecule has 2 rings (SSSR count). The molecule has 1 aliphatic heterocycles. The van der Waals surface area contributed by atoms with Gasteiger partial charge < -0.3 is 14.8 Å². The van der Waals surface area contributed by atoms with Gasteiger partial charge in [0.15, 0.2) is 11.5 Å². The molecule has 1 amide bonds. The molecule has 0 fully saturated rings. The van der Waals surface area contributed by atoms with Crippen molar-refractivity contribution in [2.75, 3.05) is 20.4 Å². The van der Waals surface area contributed by atoms with E-state index >= 15 is 0 Å². The van der Waals surface area contributed by atoms with E-state index in [4.69, 9.17) is 9.47 Å². The molecule has 5 heteroatoms. The smallest absolute Gasteiger partial charge is 0.234 e. The van der Waals surface area contributed by atoms with Crippen molar-refractivity contribution in [2.45, 2.75) is 39.3 Å². The van der Waals surface area contributed by atoms with Gasteiger partial charge in [-0.05, 0) is 38.1 Å². The van der Waals surface area contributed by atoms with Crippen LogP contribution in [0, 0.1) is 0 Å². The number of amides is 1. The molecule has 0 saturated heterocycles. The van der Waals surface area contributed by atoms with Crippen molar-refractivity contribution in [3.63, 3.8) is 0 Å². The molecule has 0 spiro atoms. The van der Waals surface area contributed by atoms with E-state index in [0.29, 0.717) is 13.1 Å². The van der Waals surface area contributed by atoms with Crippen LogP contribution in [-0.2, 0) is 11.3 Å². The van der Waals surface area contributed by atoms with Gasteiger partial charge >= 0.3 is 0 Å². The van der Waals surface area contributed by atoms with Gasteiger partial charge in [0.05, 0.1) is 6.54 Å². The van der Waals surface area contributed by atoms with E-state index in [1.807, 2.05) is 37.1 Å². The van der Waals surface area contributed by atoms with Gasteiger partial charge in [-0.2, -0.15) is 0 Å². The summed E-state index contributed by atoms with van der Waals surface area (Å²) in [6, 6.07) is 6.12. The van der Waals surface area contributed by atoms with E-state index in [1.165, 1.54) is 0 Å². The van der Waals surface area contributed by atoms with Crippen molar-refractivity contribution in [3.8, 4) is 11.5 Å². The largest absolute Gasteiger partial charge is 0.454 e. The molecule has 1 aromatic rings. The number of nitrogens with one attached hydrogen (secondary N) is 1. The number of ether oxygens (including phenoxy) is 2. The zero-order chi connectivity index (χ0) is 15.2. The van der Waals surface area contributed by atoms with Gasteiger partial charge in [-0.1, -0.05) is 19.4 Å². The molecule has 1 aromatic carbocycles. The summed E-state index contributed by atoms with van der Waals surface area (Å²) < 4.78 is 10.7. The molecule has 0 bridgehead atoms.